The van der Waals surface area contributed by atoms with Gasteiger partial charge in [-0.3, -0.25) is 0 Å². The van der Waals surface area contributed by atoms with Gasteiger partial charge in [-0.15, -0.1) is 11.3 Å². The van der Waals surface area contributed by atoms with E-state index in [2.05, 4.69) is 167 Å². The third-order valence-corrected chi connectivity index (χ3v) is 11.0. The van der Waals surface area contributed by atoms with Crippen LogP contribution in [0.1, 0.15) is 18.4 Å². The van der Waals surface area contributed by atoms with Crippen molar-refractivity contribution < 1.29 is 0 Å². The highest BCUT2D eigenvalue weighted by atomic mass is 32.1. The Balaban J connectivity index is 1.21. The summed E-state index contributed by atoms with van der Waals surface area (Å²) in [5.74, 6) is 0. The predicted molar refractivity (Wildman–Crippen MR) is 205 cm³/mol. The second kappa shape index (κ2) is 10.4. The maximum Gasteiger partial charge on any atom is 0.0786 e. The van der Waals surface area contributed by atoms with Gasteiger partial charge in [-0.1, -0.05) is 115 Å². The van der Waals surface area contributed by atoms with Gasteiger partial charge < -0.3 is 9.13 Å². The minimum atomic E-state index is 1.03. The molecule has 1 aliphatic carbocycles. The number of nitrogens with zero attached hydrogens (tertiary/aromatic N) is 2. The van der Waals surface area contributed by atoms with Crippen molar-refractivity contribution in [2.75, 3.05) is 0 Å². The van der Waals surface area contributed by atoms with E-state index in [4.69, 9.17) is 0 Å². The lowest BCUT2D eigenvalue weighted by Crippen LogP contribution is -2.00. The molecule has 0 amide bonds. The number of hydrogen-bond donors (Lipinski definition) is 0. The molecule has 6 aromatic carbocycles. The van der Waals surface area contributed by atoms with Crippen LogP contribution in [0.3, 0.4) is 0 Å². The van der Waals surface area contributed by atoms with Crippen LogP contribution in [0.15, 0.2) is 146 Å². The minimum Gasteiger partial charge on any atom is -0.314 e. The van der Waals surface area contributed by atoms with E-state index < -0.39 is 0 Å². The van der Waals surface area contributed by atoms with E-state index in [1.807, 2.05) is 11.3 Å². The number of hydrogen-bond acceptors (Lipinski definition) is 1. The Morgan fingerprint density at radius 3 is 2.17 bits per heavy atom. The molecule has 0 saturated carbocycles. The van der Waals surface area contributed by atoms with Gasteiger partial charge >= 0.3 is 0 Å². The third-order valence-electron chi connectivity index (χ3n) is 9.81. The van der Waals surface area contributed by atoms with Gasteiger partial charge in [0.15, 0.2) is 0 Å². The fourth-order valence-electron chi connectivity index (χ4n) is 7.69. The van der Waals surface area contributed by atoms with Crippen LogP contribution in [0, 0.1) is 0 Å². The van der Waals surface area contributed by atoms with Crippen molar-refractivity contribution >= 4 is 93.1 Å². The van der Waals surface area contributed by atoms with Gasteiger partial charge in [0, 0.05) is 53.6 Å². The lowest BCUT2D eigenvalue weighted by molar-refractivity contribution is 0.979. The van der Waals surface area contributed by atoms with Crippen molar-refractivity contribution in [1.82, 2.24) is 9.13 Å². The van der Waals surface area contributed by atoms with Gasteiger partial charge in [0.2, 0.25) is 0 Å². The highest BCUT2D eigenvalue weighted by molar-refractivity contribution is 7.26. The summed E-state index contributed by atoms with van der Waals surface area (Å²) >= 11 is 1.89. The molecule has 0 bridgehead atoms. The van der Waals surface area contributed by atoms with E-state index in [0.717, 1.165) is 12.8 Å². The van der Waals surface area contributed by atoms with Gasteiger partial charge in [0.25, 0.3) is 0 Å². The van der Waals surface area contributed by atoms with Gasteiger partial charge in [0.05, 0.1) is 22.1 Å². The standard InChI is InChI=1S/C44H30N2S/c1-3-12-30(13-4-1)32-18-11-19-37-38-28-29(22-25-41(38)47-44(32)37)26-27-45-39-20-9-7-16-33(39)35-23-24-36-34-17-8-10-21-40(34)46(43(36)42(35)45)31-14-5-2-6-15-31/h1-5,7-14,16-28H,6,15H2. The minimum absolute atomic E-state index is 1.03. The summed E-state index contributed by atoms with van der Waals surface area (Å²) in [5.41, 5.74) is 10.1. The first-order valence-electron chi connectivity index (χ1n) is 16.3. The molecule has 2 nitrogen and oxygen atoms in total. The molecular weight excluding hydrogens is 589 g/mol. The van der Waals surface area contributed by atoms with Crippen LogP contribution in [0.4, 0.5) is 0 Å². The Labute approximate surface area is 276 Å². The summed E-state index contributed by atoms with van der Waals surface area (Å²) in [4.78, 5) is 0. The average molecular weight is 619 g/mol. The topological polar surface area (TPSA) is 9.86 Å². The van der Waals surface area contributed by atoms with Crippen molar-refractivity contribution in [3.63, 3.8) is 0 Å². The Bertz CT molecular complexity index is 2780. The highest BCUT2D eigenvalue weighted by Crippen LogP contribution is 2.43. The van der Waals surface area contributed by atoms with Crippen molar-refractivity contribution in [3.8, 4) is 11.1 Å². The molecule has 222 valence electrons. The van der Waals surface area contributed by atoms with E-state index in [1.54, 1.807) is 0 Å². The summed E-state index contributed by atoms with van der Waals surface area (Å²) in [7, 11) is 0. The number of benzene rings is 6. The molecule has 3 heterocycles. The van der Waals surface area contributed by atoms with E-state index in [1.165, 1.54) is 86.2 Å². The van der Waals surface area contributed by atoms with Crippen LogP contribution in [-0.2, 0) is 0 Å². The predicted octanol–water partition coefficient (Wildman–Crippen LogP) is 12.8. The van der Waals surface area contributed by atoms with Gasteiger partial charge in [0.1, 0.15) is 0 Å². The number of allylic oxidation sites excluding steroid dienone is 4. The number of aromatic nitrogens is 2. The third kappa shape index (κ3) is 4.03. The number of para-hydroxylation sites is 2. The maximum absolute atomic E-state index is 2.52. The normalized spacial score (nSPS) is 13.7. The summed E-state index contributed by atoms with van der Waals surface area (Å²) < 4.78 is 7.61. The summed E-state index contributed by atoms with van der Waals surface area (Å²) in [5, 5.41) is 7.77. The first kappa shape index (κ1) is 26.6. The Kier molecular flexibility index (Phi) is 5.91. The van der Waals surface area contributed by atoms with Crippen LogP contribution >= 0.6 is 11.3 Å². The molecule has 1 aliphatic rings. The van der Waals surface area contributed by atoms with E-state index >= 15 is 0 Å². The van der Waals surface area contributed by atoms with Crippen molar-refractivity contribution in [3.05, 3.63) is 151 Å². The molecule has 0 saturated heterocycles. The molecule has 0 fully saturated rings. The number of thiophene rings is 1. The highest BCUT2D eigenvalue weighted by Gasteiger charge is 2.20. The molecular formula is C44H30N2S. The van der Waals surface area contributed by atoms with Gasteiger partial charge in [-0.05, 0) is 65.9 Å². The van der Waals surface area contributed by atoms with Crippen LogP contribution < -0.4 is 0 Å². The molecule has 0 unspecified atom stereocenters. The van der Waals surface area contributed by atoms with E-state index in [-0.39, 0.29) is 0 Å². The van der Waals surface area contributed by atoms with E-state index in [0.29, 0.717) is 0 Å². The van der Waals surface area contributed by atoms with Gasteiger partial charge in [-0.2, -0.15) is 0 Å². The summed E-state index contributed by atoms with van der Waals surface area (Å²) in [6.45, 7) is 0. The van der Waals surface area contributed by atoms with Crippen LogP contribution in [-0.4, -0.2) is 9.13 Å². The molecule has 9 aromatic rings. The Morgan fingerprint density at radius 1 is 0.596 bits per heavy atom. The monoisotopic (exact) mass is 618 g/mol. The van der Waals surface area contributed by atoms with E-state index in [9.17, 15) is 0 Å². The van der Waals surface area contributed by atoms with Gasteiger partial charge in [-0.25, -0.2) is 0 Å². The molecule has 0 aliphatic heterocycles. The van der Waals surface area contributed by atoms with Crippen molar-refractivity contribution in [2.45, 2.75) is 12.8 Å². The smallest absolute Gasteiger partial charge is 0.0786 e. The van der Waals surface area contributed by atoms with Crippen molar-refractivity contribution in [1.29, 1.82) is 0 Å². The Morgan fingerprint density at radius 2 is 1.34 bits per heavy atom. The molecule has 0 spiro atoms. The lowest BCUT2D eigenvalue weighted by Gasteiger charge is -2.15. The first-order valence-corrected chi connectivity index (χ1v) is 17.1. The SMILES string of the molecule is C1=CCCC(n2c3ccccc3c3ccc4c5ccccc5n(C=Cc5ccc6sc7c(-c8ccccc8)cccc7c6c5)c4c32)=C1. The zero-order valence-electron chi connectivity index (χ0n) is 25.7. The molecule has 0 N–H and O–H groups in total. The largest absolute Gasteiger partial charge is 0.314 e. The number of rotatable bonds is 4. The molecule has 3 aromatic heterocycles. The van der Waals surface area contributed by atoms with Crippen molar-refractivity contribution in [2.24, 2.45) is 0 Å². The van der Waals surface area contributed by atoms with Crippen LogP contribution in [0.2, 0.25) is 0 Å². The fraction of sp³-hybridized carbons (Fsp3) is 0.0455. The zero-order chi connectivity index (χ0) is 30.9. The average Bonchev–Trinajstić information content (AvgIpc) is 3.79. The number of fused-ring (bicyclic) bond motifs is 10. The molecule has 0 radical (unpaired) electrons. The first-order chi connectivity index (χ1) is 23.3. The Hall–Kier alpha value is -5.64. The second-order valence-electron chi connectivity index (χ2n) is 12.4. The zero-order valence-corrected chi connectivity index (χ0v) is 26.5. The lowest BCUT2D eigenvalue weighted by atomic mass is 10.0. The molecule has 47 heavy (non-hydrogen) atoms. The fourth-order valence-corrected chi connectivity index (χ4v) is 8.91. The molecule has 10 rings (SSSR count). The molecule has 3 heteroatoms. The maximum atomic E-state index is 2.52. The second-order valence-corrected chi connectivity index (χ2v) is 13.5. The molecule has 0 atom stereocenters. The van der Waals surface area contributed by atoms with Crippen LogP contribution in [0.25, 0.3) is 92.9 Å². The van der Waals surface area contributed by atoms with Crippen LogP contribution in [0.5, 0.6) is 0 Å². The summed E-state index contributed by atoms with van der Waals surface area (Å²) in [6.07, 6.45) is 13.4. The quantitative estimate of drug-likeness (QED) is 0.186. The summed E-state index contributed by atoms with van der Waals surface area (Å²) in [6, 6.07) is 46.7.